The van der Waals surface area contributed by atoms with Gasteiger partial charge in [-0.15, -0.1) is 0 Å². The Kier molecular flexibility index (Phi) is 4.81. The van der Waals surface area contributed by atoms with E-state index in [1.807, 2.05) is 49.1 Å². The van der Waals surface area contributed by atoms with Crippen LogP contribution in [0, 0.1) is 0 Å². The minimum atomic E-state index is -0.102. The molecule has 3 heterocycles. The summed E-state index contributed by atoms with van der Waals surface area (Å²) in [5.41, 5.74) is 2.45. The zero-order valence-electron chi connectivity index (χ0n) is 15.6. The molecule has 8 nitrogen and oxygen atoms in total. The number of carbonyl (C=O) groups is 1. The quantitative estimate of drug-likeness (QED) is 0.737. The highest BCUT2D eigenvalue weighted by molar-refractivity contribution is 5.97. The largest absolute Gasteiger partial charge is 0.378 e. The second-order valence-corrected chi connectivity index (χ2v) is 6.88. The molecule has 1 aliphatic rings. The summed E-state index contributed by atoms with van der Waals surface area (Å²) in [6.45, 7) is 5.68. The van der Waals surface area contributed by atoms with Crippen LogP contribution in [0.5, 0.6) is 0 Å². The highest BCUT2D eigenvalue weighted by Gasteiger charge is 2.19. The number of hydrogen-bond donors (Lipinski definition) is 1. The van der Waals surface area contributed by atoms with Gasteiger partial charge in [-0.3, -0.25) is 9.48 Å². The van der Waals surface area contributed by atoms with E-state index in [4.69, 9.17) is 9.72 Å². The molecule has 0 aliphatic carbocycles. The number of nitrogens with one attached hydrogen (secondary N) is 1. The Morgan fingerprint density at radius 3 is 2.89 bits per heavy atom. The first-order valence-electron chi connectivity index (χ1n) is 9.19. The van der Waals surface area contributed by atoms with E-state index in [2.05, 4.69) is 19.9 Å². The molecule has 8 heteroatoms. The van der Waals surface area contributed by atoms with E-state index in [0.717, 1.165) is 30.1 Å². The Balaban J connectivity index is 1.51. The number of ether oxygens (including phenoxy) is 1. The van der Waals surface area contributed by atoms with Crippen LogP contribution in [0.25, 0.3) is 11.0 Å². The lowest BCUT2D eigenvalue weighted by Gasteiger charge is -2.27. The summed E-state index contributed by atoms with van der Waals surface area (Å²) in [6, 6.07) is 7.51. The number of benzene rings is 1. The summed E-state index contributed by atoms with van der Waals surface area (Å²) in [6.07, 6.45) is 3.62. The molecule has 4 rings (SSSR count). The SMILES string of the molecule is CC(Cn1cccn1)NC(=O)c1ccc2c(c1)nc(N1CCOCC1)n2C. The second-order valence-electron chi connectivity index (χ2n) is 6.88. The normalized spacial score (nSPS) is 15.9. The topological polar surface area (TPSA) is 77.2 Å². The molecule has 1 aliphatic heterocycles. The molecule has 27 heavy (non-hydrogen) atoms. The fourth-order valence-corrected chi connectivity index (χ4v) is 3.42. The number of anilines is 1. The number of amides is 1. The van der Waals surface area contributed by atoms with Crippen molar-refractivity contribution in [2.75, 3.05) is 31.2 Å². The maximum Gasteiger partial charge on any atom is 0.251 e. The van der Waals surface area contributed by atoms with Gasteiger partial charge in [0.1, 0.15) is 0 Å². The molecule has 1 saturated heterocycles. The van der Waals surface area contributed by atoms with Gasteiger partial charge in [0.05, 0.1) is 30.8 Å². The van der Waals surface area contributed by atoms with Gasteiger partial charge < -0.3 is 19.5 Å². The van der Waals surface area contributed by atoms with Crippen LogP contribution in [0.15, 0.2) is 36.7 Å². The first kappa shape index (κ1) is 17.5. The van der Waals surface area contributed by atoms with Crippen molar-refractivity contribution < 1.29 is 9.53 Å². The van der Waals surface area contributed by atoms with Crippen LogP contribution in [-0.2, 0) is 18.3 Å². The maximum absolute atomic E-state index is 12.6. The van der Waals surface area contributed by atoms with Crippen molar-refractivity contribution in [3.05, 3.63) is 42.2 Å². The molecule has 3 aromatic rings. The third-order valence-corrected chi connectivity index (χ3v) is 4.81. The number of fused-ring (bicyclic) bond motifs is 1. The van der Waals surface area contributed by atoms with Crippen LogP contribution in [0.1, 0.15) is 17.3 Å². The third kappa shape index (κ3) is 3.66. The minimum Gasteiger partial charge on any atom is -0.378 e. The minimum absolute atomic E-state index is 0.0271. The monoisotopic (exact) mass is 368 g/mol. The summed E-state index contributed by atoms with van der Waals surface area (Å²) in [5.74, 6) is 0.813. The van der Waals surface area contributed by atoms with Crippen molar-refractivity contribution in [2.45, 2.75) is 19.5 Å². The molecular weight excluding hydrogens is 344 g/mol. The number of carbonyl (C=O) groups excluding carboxylic acids is 1. The second kappa shape index (κ2) is 7.40. The number of nitrogens with zero attached hydrogens (tertiary/aromatic N) is 5. The van der Waals surface area contributed by atoms with Crippen molar-refractivity contribution in [2.24, 2.45) is 7.05 Å². The van der Waals surface area contributed by atoms with Crippen LogP contribution in [0.3, 0.4) is 0 Å². The molecule has 0 bridgehead atoms. The first-order chi connectivity index (χ1) is 13.1. The number of rotatable bonds is 5. The standard InChI is InChI=1S/C19H24N6O2/c1-14(13-25-7-3-6-20-25)21-18(26)15-4-5-17-16(12-15)22-19(23(17)2)24-8-10-27-11-9-24/h3-7,12,14H,8-11,13H2,1-2H3,(H,21,26). The van der Waals surface area contributed by atoms with Gasteiger partial charge in [-0.1, -0.05) is 0 Å². The summed E-state index contributed by atoms with van der Waals surface area (Å²) in [7, 11) is 2.01. The smallest absolute Gasteiger partial charge is 0.251 e. The Morgan fingerprint density at radius 1 is 1.33 bits per heavy atom. The van der Waals surface area contributed by atoms with E-state index in [-0.39, 0.29) is 11.9 Å². The molecule has 1 amide bonds. The van der Waals surface area contributed by atoms with Crippen molar-refractivity contribution in [1.82, 2.24) is 24.6 Å². The van der Waals surface area contributed by atoms with Crippen molar-refractivity contribution in [3.63, 3.8) is 0 Å². The zero-order valence-corrected chi connectivity index (χ0v) is 15.6. The first-order valence-corrected chi connectivity index (χ1v) is 9.19. The molecular formula is C19H24N6O2. The molecule has 1 aromatic carbocycles. The van der Waals surface area contributed by atoms with Gasteiger partial charge in [-0.05, 0) is 31.2 Å². The molecule has 0 saturated carbocycles. The zero-order chi connectivity index (χ0) is 18.8. The van der Waals surface area contributed by atoms with E-state index in [9.17, 15) is 4.79 Å². The van der Waals surface area contributed by atoms with E-state index < -0.39 is 0 Å². The Morgan fingerprint density at radius 2 is 2.15 bits per heavy atom. The highest BCUT2D eigenvalue weighted by atomic mass is 16.5. The molecule has 1 unspecified atom stereocenters. The lowest BCUT2D eigenvalue weighted by atomic mass is 10.1. The Labute approximate surface area is 157 Å². The number of aryl methyl sites for hydroxylation is 1. The van der Waals surface area contributed by atoms with Crippen LogP contribution < -0.4 is 10.2 Å². The van der Waals surface area contributed by atoms with Gasteiger partial charge in [-0.25, -0.2) is 4.98 Å². The van der Waals surface area contributed by atoms with Crippen LogP contribution >= 0.6 is 0 Å². The van der Waals surface area contributed by atoms with Crippen molar-refractivity contribution in [3.8, 4) is 0 Å². The maximum atomic E-state index is 12.6. The van der Waals surface area contributed by atoms with E-state index >= 15 is 0 Å². The van der Waals surface area contributed by atoms with Gasteiger partial charge in [-0.2, -0.15) is 5.10 Å². The third-order valence-electron chi connectivity index (χ3n) is 4.81. The van der Waals surface area contributed by atoms with Crippen molar-refractivity contribution >= 4 is 22.9 Å². The van der Waals surface area contributed by atoms with Crippen LogP contribution in [-0.4, -0.2) is 57.6 Å². The number of aromatic nitrogens is 4. The summed E-state index contributed by atoms with van der Waals surface area (Å²) in [4.78, 5) is 19.6. The van der Waals surface area contributed by atoms with Crippen LogP contribution in [0.2, 0.25) is 0 Å². The van der Waals surface area contributed by atoms with E-state index in [1.165, 1.54) is 0 Å². The lowest BCUT2D eigenvalue weighted by molar-refractivity contribution is 0.0936. The van der Waals surface area contributed by atoms with Crippen LogP contribution in [0.4, 0.5) is 5.95 Å². The molecule has 1 N–H and O–H groups in total. The Bertz CT molecular complexity index is 927. The molecule has 1 fully saturated rings. The molecule has 142 valence electrons. The van der Waals surface area contributed by atoms with Gasteiger partial charge >= 0.3 is 0 Å². The van der Waals surface area contributed by atoms with Gasteiger partial charge in [0, 0.05) is 44.1 Å². The van der Waals surface area contributed by atoms with Gasteiger partial charge in [0.25, 0.3) is 5.91 Å². The average molecular weight is 368 g/mol. The van der Waals surface area contributed by atoms with Gasteiger partial charge in [0.2, 0.25) is 5.95 Å². The molecule has 0 spiro atoms. The fraction of sp³-hybridized carbons (Fsp3) is 0.421. The fourth-order valence-electron chi connectivity index (χ4n) is 3.42. The van der Waals surface area contributed by atoms with E-state index in [0.29, 0.717) is 25.3 Å². The molecule has 1 atom stereocenters. The van der Waals surface area contributed by atoms with E-state index in [1.54, 1.807) is 6.20 Å². The molecule has 2 aromatic heterocycles. The predicted octanol–water partition coefficient (Wildman–Crippen LogP) is 1.42. The lowest BCUT2D eigenvalue weighted by Crippen LogP contribution is -2.37. The number of hydrogen-bond acceptors (Lipinski definition) is 5. The van der Waals surface area contributed by atoms with Crippen molar-refractivity contribution in [1.29, 1.82) is 0 Å². The summed E-state index contributed by atoms with van der Waals surface area (Å²) >= 11 is 0. The number of imidazole rings is 1. The average Bonchev–Trinajstić information content (AvgIpc) is 3.30. The Hall–Kier alpha value is -2.87. The predicted molar refractivity (Wildman–Crippen MR) is 103 cm³/mol. The highest BCUT2D eigenvalue weighted by Crippen LogP contribution is 2.23. The number of morpholine rings is 1. The summed E-state index contributed by atoms with van der Waals surface area (Å²) in [5, 5.41) is 7.20. The summed E-state index contributed by atoms with van der Waals surface area (Å²) < 4.78 is 9.30. The van der Waals surface area contributed by atoms with Gasteiger partial charge in [0.15, 0.2) is 0 Å². The molecule has 0 radical (unpaired) electrons.